The Morgan fingerprint density at radius 2 is 2.18 bits per heavy atom. The van der Waals surface area contributed by atoms with Crippen LogP contribution in [0.25, 0.3) is 0 Å². The third-order valence-corrected chi connectivity index (χ3v) is 3.91. The van der Waals surface area contributed by atoms with Gasteiger partial charge in [-0.25, -0.2) is 0 Å². The van der Waals surface area contributed by atoms with Gasteiger partial charge >= 0.3 is 0 Å². The molecular formula is C16H24N2O4. The van der Waals surface area contributed by atoms with Gasteiger partial charge in [-0.2, -0.15) is 0 Å². The van der Waals surface area contributed by atoms with Crippen LogP contribution in [0.15, 0.2) is 9.57 Å². The number of furan rings is 1. The SMILES string of the molecule is COCC(C)NC(=O)c1oc2c(c1C)/C(=N\O)CC(C)(C)C2. The maximum absolute atomic E-state index is 12.4. The minimum Gasteiger partial charge on any atom is -0.455 e. The summed E-state index contributed by atoms with van der Waals surface area (Å²) in [5.41, 5.74) is 2.01. The summed E-state index contributed by atoms with van der Waals surface area (Å²) in [4.78, 5) is 12.4. The van der Waals surface area contributed by atoms with Gasteiger partial charge in [-0.05, 0) is 25.7 Å². The topological polar surface area (TPSA) is 84.1 Å². The molecule has 22 heavy (non-hydrogen) atoms. The monoisotopic (exact) mass is 308 g/mol. The van der Waals surface area contributed by atoms with Gasteiger partial charge < -0.3 is 19.7 Å². The number of hydrogen-bond donors (Lipinski definition) is 2. The zero-order chi connectivity index (χ0) is 16.5. The molecular weight excluding hydrogens is 284 g/mol. The molecule has 0 bridgehead atoms. The van der Waals surface area contributed by atoms with E-state index in [1.165, 1.54) is 0 Å². The number of methoxy groups -OCH3 is 1. The van der Waals surface area contributed by atoms with Crippen LogP contribution in [-0.2, 0) is 11.2 Å². The lowest BCUT2D eigenvalue weighted by molar-refractivity contribution is 0.0874. The van der Waals surface area contributed by atoms with Crippen LogP contribution in [0.3, 0.4) is 0 Å². The highest BCUT2D eigenvalue weighted by atomic mass is 16.5. The molecule has 2 rings (SSSR count). The lowest BCUT2D eigenvalue weighted by Crippen LogP contribution is -2.35. The highest BCUT2D eigenvalue weighted by molar-refractivity contribution is 6.06. The maximum Gasteiger partial charge on any atom is 0.287 e. The number of nitrogens with one attached hydrogen (secondary N) is 1. The Morgan fingerprint density at radius 1 is 1.50 bits per heavy atom. The summed E-state index contributed by atoms with van der Waals surface area (Å²) < 4.78 is 10.8. The molecule has 0 radical (unpaired) electrons. The van der Waals surface area contributed by atoms with Crippen LogP contribution in [0.2, 0.25) is 0 Å². The van der Waals surface area contributed by atoms with Crippen molar-refractivity contribution in [1.29, 1.82) is 0 Å². The van der Waals surface area contributed by atoms with Crippen molar-refractivity contribution in [1.82, 2.24) is 5.32 Å². The molecule has 1 aliphatic rings. The molecule has 2 N–H and O–H groups in total. The van der Waals surface area contributed by atoms with Crippen LogP contribution in [-0.4, -0.2) is 36.6 Å². The summed E-state index contributed by atoms with van der Waals surface area (Å²) >= 11 is 0. The van der Waals surface area contributed by atoms with Crippen molar-refractivity contribution in [3.63, 3.8) is 0 Å². The predicted molar refractivity (Wildman–Crippen MR) is 82.7 cm³/mol. The van der Waals surface area contributed by atoms with E-state index in [4.69, 9.17) is 9.15 Å². The van der Waals surface area contributed by atoms with E-state index in [2.05, 4.69) is 24.3 Å². The summed E-state index contributed by atoms with van der Waals surface area (Å²) in [5, 5.41) is 15.5. The summed E-state index contributed by atoms with van der Waals surface area (Å²) in [6.07, 6.45) is 1.36. The number of amides is 1. The molecule has 1 amide bonds. The van der Waals surface area contributed by atoms with Gasteiger partial charge in [0.2, 0.25) is 0 Å². The van der Waals surface area contributed by atoms with Crippen molar-refractivity contribution in [2.24, 2.45) is 10.6 Å². The Morgan fingerprint density at radius 3 is 2.77 bits per heavy atom. The van der Waals surface area contributed by atoms with Crippen LogP contribution >= 0.6 is 0 Å². The summed E-state index contributed by atoms with van der Waals surface area (Å²) in [5.74, 6) is 0.726. The fraction of sp³-hybridized carbons (Fsp3) is 0.625. The van der Waals surface area contributed by atoms with Gasteiger partial charge in [0.1, 0.15) is 5.76 Å². The minimum atomic E-state index is -0.272. The molecule has 0 aromatic carbocycles. The molecule has 6 heteroatoms. The highest BCUT2D eigenvalue weighted by Crippen LogP contribution is 2.38. The zero-order valence-electron chi connectivity index (χ0n) is 13.8. The van der Waals surface area contributed by atoms with E-state index < -0.39 is 0 Å². The zero-order valence-corrected chi connectivity index (χ0v) is 13.8. The first-order chi connectivity index (χ1) is 10.3. The van der Waals surface area contributed by atoms with Crippen LogP contribution < -0.4 is 5.32 Å². The lowest BCUT2D eigenvalue weighted by Gasteiger charge is -2.28. The van der Waals surface area contributed by atoms with Crippen LogP contribution in [0.4, 0.5) is 0 Å². The Balaban J connectivity index is 2.34. The standard InChI is InChI=1S/C16H24N2O4/c1-9(8-21-5)17-15(19)14-10(2)13-11(18-20)6-16(3,4)7-12(13)22-14/h9,20H,6-8H2,1-5H3,(H,17,19)/b18-11-. The Bertz CT molecular complexity index is 602. The number of rotatable bonds is 4. The van der Waals surface area contributed by atoms with Crippen LogP contribution in [0.1, 0.15) is 54.6 Å². The summed E-state index contributed by atoms with van der Waals surface area (Å²) in [6.45, 7) is 8.28. The number of oxime groups is 1. The van der Waals surface area contributed by atoms with E-state index in [1.807, 2.05) is 13.8 Å². The second-order valence-electron chi connectivity index (χ2n) is 6.75. The molecule has 0 fully saturated rings. The predicted octanol–water partition coefficient (Wildman–Crippen LogP) is 2.50. The molecule has 0 saturated carbocycles. The van der Waals surface area contributed by atoms with Gasteiger partial charge in [0, 0.05) is 30.7 Å². The Hall–Kier alpha value is -1.82. The number of hydrogen-bond acceptors (Lipinski definition) is 5. The Kier molecular flexibility index (Phi) is 4.60. The smallest absolute Gasteiger partial charge is 0.287 e. The van der Waals surface area contributed by atoms with Gasteiger partial charge in [-0.3, -0.25) is 4.79 Å². The normalized spacial score (nSPS) is 19.8. The summed E-state index contributed by atoms with van der Waals surface area (Å²) in [7, 11) is 1.59. The molecule has 1 aromatic rings. The largest absolute Gasteiger partial charge is 0.455 e. The third-order valence-electron chi connectivity index (χ3n) is 3.91. The lowest BCUT2D eigenvalue weighted by atomic mass is 9.75. The van der Waals surface area contributed by atoms with Gasteiger partial charge in [-0.1, -0.05) is 19.0 Å². The molecule has 1 aromatic heterocycles. The van der Waals surface area contributed by atoms with Crippen LogP contribution in [0.5, 0.6) is 0 Å². The number of carbonyl (C=O) groups is 1. The van der Waals surface area contributed by atoms with Crippen molar-refractivity contribution in [2.75, 3.05) is 13.7 Å². The van der Waals surface area contributed by atoms with Crippen molar-refractivity contribution in [3.8, 4) is 0 Å². The molecule has 0 spiro atoms. The number of carbonyl (C=O) groups excluding carboxylic acids is 1. The highest BCUT2D eigenvalue weighted by Gasteiger charge is 2.36. The van der Waals surface area contributed by atoms with Crippen molar-refractivity contribution < 1.29 is 19.2 Å². The minimum absolute atomic E-state index is 0.0596. The fourth-order valence-electron chi connectivity index (χ4n) is 3.00. The first-order valence-corrected chi connectivity index (χ1v) is 7.42. The van der Waals surface area contributed by atoms with Crippen molar-refractivity contribution in [2.45, 2.75) is 46.6 Å². The van der Waals surface area contributed by atoms with Gasteiger partial charge in [0.05, 0.1) is 12.3 Å². The fourth-order valence-corrected chi connectivity index (χ4v) is 3.00. The van der Waals surface area contributed by atoms with E-state index in [0.29, 0.717) is 30.9 Å². The summed E-state index contributed by atoms with van der Waals surface area (Å²) in [6, 6.07) is -0.110. The molecule has 1 unspecified atom stereocenters. The average molecular weight is 308 g/mol. The van der Waals surface area contributed by atoms with E-state index in [-0.39, 0.29) is 23.1 Å². The van der Waals surface area contributed by atoms with E-state index in [1.54, 1.807) is 7.11 Å². The molecule has 1 aliphatic carbocycles. The van der Waals surface area contributed by atoms with Gasteiger partial charge in [0.25, 0.3) is 5.91 Å². The van der Waals surface area contributed by atoms with E-state index in [9.17, 15) is 10.0 Å². The number of nitrogens with zero attached hydrogens (tertiary/aromatic N) is 1. The first kappa shape index (κ1) is 16.5. The van der Waals surface area contributed by atoms with Crippen molar-refractivity contribution >= 4 is 11.6 Å². The maximum atomic E-state index is 12.4. The molecule has 0 aliphatic heterocycles. The first-order valence-electron chi connectivity index (χ1n) is 7.42. The number of fused-ring (bicyclic) bond motifs is 1. The van der Waals surface area contributed by atoms with Gasteiger partial charge in [0.15, 0.2) is 5.76 Å². The Labute approximate surface area is 130 Å². The van der Waals surface area contributed by atoms with E-state index >= 15 is 0 Å². The molecule has 1 heterocycles. The molecule has 6 nitrogen and oxygen atoms in total. The second-order valence-corrected chi connectivity index (χ2v) is 6.75. The quantitative estimate of drug-likeness (QED) is 0.661. The van der Waals surface area contributed by atoms with Crippen LogP contribution in [0, 0.1) is 12.3 Å². The average Bonchev–Trinajstić information content (AvgIpc) is 2.73. The van der Waals surface area contributed by atoms with Gasteiger partial charge in [-0.15, -0.1) is 0 Å². The second kappa shape index (κ2) is 6.12. The molecule has 1 atom stereocenters. The third kappa shape index (κ3) is 3.16. The molecule has 0 saturated heterocycles. The van der Waals surface area contributed by atoms with E-state index in [0.717, 1.165) is 11.1 Å². The van der Waals surface area contributed by atoms with Crippen molar-refractivity contribution in [3.05, 3.63) is 22.6 Å². The number of ether oxygens (including phenoxy) is 1. The molecule has 122 valence electrons.